The van der Waals surface area contributed by atoms with Crippen molar-refractivity contribution in [2.24, 2.45) is 10.9 Å². The SMILES string of the molecule is I.NN=C1CCCCN[N+]1=O. The van der Waals surface area contributed by atoms with E-state index in [9.17, 15) is 4.91 Å². The summed E-state index contributed by atoms with van der Waals surface area (Å²) >= 11 is 0. The van der Waals surface area contributed by atoms with Gasteiger partial charge < -0.3 is 0 Å². The molecule has 0 radical (unpaired) electrons. The predicted octanol–water partition coefficient (Wildman–Crippen LogP) is 0.344. The van der Waals surface area contributed by atoms with Crippen molar-refractivity contribution in [2.45, 2.75) is 19.3 Å². The van der Waals surface area contributed by atoms with E-state index in [1.165, 1.54) is 0 Å². The van der Waals surface area contributed by atoms with Gasteiger partial charge in [-0.05, 0) is 17.7 Å². The van der Waals surface area contributed by atoms with E-state index in [2.05, 4.69) is 10.5 Å². The highest BCUT2D eigenvalue weighted by Crippen LogP contribution is 2.00. The van der Waals surface area contributed by atoms with Gasteiger partial charge in [0.05, 0.1) is 17.8 Å². The van der Waals surface area contributed by atoms with Gasteiger partial charge in [-0.25, -0.2) is 11.3 Å². The maximum atomic E-state index is 10.8. The van der Waals surface area contributed by atoms with Crippen molar-refractivity contribution < 1.29 is 4.87 Å². The molecule has 6 heteroatoms. The lowest BCUT2D eigenvalue weighted by atomic mass is 10.2. The highest BCUT2D eigenvalue weighted by Gasteiger charge is 2.20. The van der Waals surface area contributed by atoms with Crippen LogP contribution >= 0.6 is 24.0 Å². The van der Waals surface area contributed by atoms with Gasteiger partial charge in [-0.1, -0.05) is 0 Å². The molecule has 64 valence electrons. The lowest BCUT2D eigenvalue weighted by molar-refractivity contribution is -0.499. The van der Waals surface area contributed by atoms with Crippen molar-refractivity contribution in [1.29, 1.82) is 0 Å². The van der Waals surface area contributed by atoms with Crippen LogP contribution in [0.2, 0.25) is 0 Å². The average Bonchev–Trinajstić information content (AvgIpc) is 2.13. The Labute approximate surface area is 82.0 Å². The molecule has 1 aliphatic heterocycles. The second kappa shape index (κ2) is 5.28. The number of nitrogens with two attached hydrogens (primary N) is 1. The molecule has 0 unspecified atom stereocenters. The lowest BCUT2D eigenvalue weighted by Crippen LogP contribution is -2.30. The topological polar surface area (TPSA) is 70.5 Å². The van der Waals surface area contributed by atoms with E-state index in [1.807, 2.05) is 0 Å². The van der Waals surface area contributed by atoms with Crippen molar-refractivity contribution in [3.63, 3.8) is 0 Å². The van der Waals surface area contributed by atoms with Crippen LogP contribution in [0.1, 0.15) is 19.3 Å². The summed E-state index contributed by atoms with van der Waals surface area (Å²) in [5, 5.41) is 3.36. The second-order valence-corrected chi connectivity index (χ2v) is 2.20. The summed E-state index contributed by atoms with van der Waals surface area (Å²) in [4.78, 5) is 11.5. The fourth-order valence-electron chi connectivity index (χ4n) is 0.899. The zero-order valence-corrected chi connectivity index (χ0v) is 8.45. The molecule has 0 aliphatic carbocycles. The molecule has 11 heavy (non-hydrogen) atoms. The van der Waals surface area contributed by atoms with E-state index < -0.39 is 0 Å². The monoisotopic (exact) mass is 271 g/mol. The van der Waals surface area contributed by atoms with Crippen LogP contribution in [0.4, 0.5) is 0 Å². The van der Waals surface area contributed by atoms with Crippen molar-refractivity contribution in [3.05, 3.63) is 4.91 Å². The molecule has 5 nitrogen and oxygen atoms in total. The average molecular weight is 271 g/mol. The molecule has 0 spiro atoms. The van der Waals surface area contributed by atoms with Crippen LogP contribution in [0.25, 0.3) is 0 Å². The number of hydrogen-bond acceptors (Lipinski definition) is 3. The van der Waals surface area contributed by atoms with Crippen molar-refractivity contribution in [1.82, 2.24) is 5.43 Å². The number of nitroso groups, excluding NO2 is 1. The summed E-state index contributed by atoms with van der Waals surface area (Å²) in [5.41, 5.74) is 2.61. The highest BCUT2D eigenvalue weighted by molar-refractivity contribution is 14.0. The van der Waals surface area contributed by atoms with Crippen LogP contribution in [0.3, 0.4) is 0 Å². The Morgan fingerprint density at radius 2 is 2.27 bits per heavy atom. The highest BCUT2D eigenvalue weighted by atomic mass is 127. The fourth-order valence-corrected chi connectivity index (χ4v) is 0.899. The number of rotatable bonds is 0. The first-order valence-electron chi connectivity index (χ1n) is 3.32. The number of nitrogens with one attached hydrogen (secondary N) is 1. The molecule has 0 aromatic carbocycles. The van der Waals surface area contributed by atoms with Crippen LogP contribution in [0.5, 0.6) is 0 Å². The van der Waals surface area contributed by atoms with E-state index in [4.69, 9.17) is 5.84 Å². The molecule has 1 saturated heterocycles. The van der Waals surface area contributed by atoms with Gasteiger partial charge in [-0.3, -0.25) is 0 Å². The second-order valence-electron chi connectivity index (χ2n) is 2.20. The third-order valence-corrected chi connectivity index (χ3v) is 1.47. The molecule has 1 rings (SSSR count). The molecule has 0 amide bonds. The Morgan fingerprint density at radius 3 is 2.91 bits per heavy atom. The Bertz CT molecular complexity index is 170. The molecule has 1 fully saturated rings. The van der Waals surface area contributed by atoms with Crippen LogP contribution in [0, 0.1) is 4.91 Å². The standard InChI is InChI=1S/C5H11N4O.HI/c6-8-5-3-1-2-4-7-9(5)10;/h1-4,6H2,(H,7,10);1H/q+1;. The first kappa shape index (κ1) is 10.6. The Morgan fingerprint density at radius 1 is 1.55 bits per heavy atom. The van der Waals surface area contributed by atoms with E-state index in [1.54, 1.807) is 0 Å². The number of halogens is 1. The van der Waals surface area contributed by atoms with Gasteiger partial charge in [0.15, 0.2) is 0 Å². The molecule has 1 aliphatic rings. The molecule has 0 aromatic rings. The molecule has 3 N–H and O–H groups in total. The van der Waals surface area contributed by atoms with Crippen molar-refractivity contribution in [3.8, 4) is 0 Å². The summed E-state index contributed by atoms with van der Waals surface area (Å²) in [6.07, 6.45) is 2.65. The number of hydrazone groups is 1. The number of amidine groups is 1. The quantitative estimate of drug-likeness (QED) is 0.289. The van der Waals surface area contributed by atoms with Gasteiger partial charge in [0, 0.05) is 5.10 Å². The summed E-state index contributed by atoms with van der Waals surface area (Å²) in [7, 11) is 0. The molecular weight excluding hydrogens is 259 g/mol. The summed E-state index contributed by atoms with van der Waals surface area (Å²) in [6.45, 7) is 0.711. The van der Waals surface area contributed by atoms with Gasteiger partial charge >= 0.3 is 5.84 Å². The van der Waals surface area contributed by atoms with Crippen molar-refractivity contribution in [2.75, 3.05) is 6.54 Å². The molecule has 0 bridgehead atoms. The Balaban J connectivity index is 0.000001000. The first-order valence-corrected chi connectivity index (χ1v) is 3.32. The fraction of sp³-hybridized carbons (Fsp3) is 0.800. The van der Waals surface area contributed by atoms with E-state index in [-0.39, 0.29) is 24.0 Å². The first-order chi connectivity index (χ1) is 4.84. The van der Waals surface area contributed by atoms with Gasteiger partial charge in [0.25, 0.3) is 0 Å². The number of hydrogen-bond donors (Lipinski definition) is 2. The zero-order chi connectivity index (χ0) is 7.40. The van der Waals surface area contributed by atoms with Crippen LogP contribution in [-0.2, 0) is 0 Å². The Kier molecular flexibility index (Phi) is 5.08. The largest absolute Gasteiger partial charge is 0.388 e. The van der Waals surface area contributed by atoms with Gasteiger partial charge in [-0.15, -0.1) is 24.0 Å². The normalized spacial score (nSPS) is 21.8. The predicted molar refractivity (Wildman–Crippen MR) is 52.5 cm³/mol. The van der Waals surface area contributed by atoms with E-state index >= 15 is 0 Å². The minimum absolute atomic E-state index is 0. The van der Waals surface area contributed by atoms with Gasteiger partial charge in [0.2, 0.25) is 0 Å². The molecular formula is C5H12IN4O+. The van der Waals surface area contributed by atoms with Gasteiger partial charge in [-0.2, -0.15) is 0 Å². The third-order valence-electron chi connectivity index (χ3n) is 1.47. The summed E-state index contributed by atoms with van der Waals surface area (Å²) in [5.74, 6) is 5.36. The third kappa shape index (κ3) is 3.00. The summed E-state index contributed by atoms with van der Waals surface area (Å²) in [6, 6.07) is 0. The van der Waals surface area contributed by atoms with Crippen LogP contribution < -0.4 is 11.3 Å². The Hall–Kier alpha value is -0.400. The number of hydrazine groups is 1. The number of nitrogens with zero attached hydrogens (tertiary/aromatic N) is 2. The minimum Gasteiger partial charge on any atom is -0.231 e. The zero-order valence-electron chi connectivity index (χ0n) is 6.12. The van der Waals surface area contributed by atoms with Gasteiger partial charge in [0.1, 0.15) is 0 Å². The van der Waals surface area contributed by atoms with E-state index in [0.717, 1.165) is 12.8 Å². The lowest BCUT2D eigenvalue weighted by Gasteiger charge is -1.90. The van der Waals surface area contributed by atoms with E-state index in [0.29, 0.717) is 23.7 Å². The molecule has 1 heterocycles. The van der Waals surface area contributed by atoms with Crippen LogP contribution in [0.15, 0.2) is 5.10 Å². The maximum Gasteiger partial charge on any atom is 0.388 e. The minimum atomic E-state index is 0. The molecule has 0 atom stereocenters. The molecule has 0 aromatic heterocycles. The van der Waals surface area contributed by atoms with Crippen molar-refractivity contribution >= 4 is 29.8 Å². The van der Waals surface area contributed by atoms with Crippen LogP contribution in [-0.4, -0.2) is 17.2 Å². The smallest absolute Gasteiger partial charge is 0.231 e. The summed E-state index contributed by atoms with van der Waals surface area (Å²) < 4.78 is 0. The molecule has 0 saturated carbocycles. The maximum absolute atomic E-state index is 10.8.